The number of nitrogens with zero attached hydrogens (tertiary/aromatic N) is 2. The molecule has 21 heavy (non-hydrogen) atoms. The van der Waals surface area contributed by atoms with E-state index in [1.54, 1.807) is 0 Å². The van der Waals surface area contributed by atoms with E-state index in [-0.39, 0.29) is 0 Å². The van der Waals surface area contributed by atoms with Gasteiger partial charge in [0, 0.05) is 24.3 Å². The minimum Gasteiger partial charge on any atom is -0.313 e. The van der Waals surface area contributed by atoms with Gasteiger partial charge in [-0.05, 0) is 31.4 Å². The summed E-state index contributed by atoms with van der Waals surface area (Å²) in [4.78, 5) is 0. The molecule has 0 aliphatic rings. The first kappa shape index (κ1) is 15.8. The van der Waals surface area contributed by atoms with Crippen molar-refractivity contribution in [1.82, 2.24) is 15.1 Å². The average Bonchev–Trinajstić information content (AvgIpc) is 2.88. The molecule has 0 bridgehead atoms. The number of rotatable bonds is 8. The van der Waals surface area contributed by atoms with Gasteiger partial charge in [-0.25, -0.2) is 0 Å². The summed E-state index contributed by atoms with van der Waals surface area (Å²) in [6.07, 6.45) is 3.09. The first-order valence-corrected chi connectivity index (χ1v) is 8.12. The van der Waals surface area contributed by atoms with Crippen LogP contribution in [0.25, 0.3) is 0 Å². The van der Waals surface area contributed by atoms with Crippen LogP contribution in [0.4, 0.5) is 0 Å². The molecule has 0 radical (unpaired) electrons. The van der Waals surface area contributed by atoms with Gasteiger partial charge in [-0.15, -0.1) is 0 Å². The molecule has 1 aromatic carbocycles. The fourth-order valence-electron chi connectivity index (χ4n) is 2.79. The van der Waals surface area contributed by atoms with Crippen LogP contribution in [0, 0.1) is 0 Å². The van der Waals surface area contributed by atoms with E-state index in [2.05, 4.69) is 61.1 Å². The Labute approximate surface area is 128 Å². The third-order valence-electron chi connectivity index (χ3n) is 3.93. The molecule has 3 nitrogen and oxygen atoms in total. The van der Waals surface area contributed by atoms with Crippen LogP contribution in [0.5, 0.6) is 0 Å². The lowest BCUT2D eigenvalue weighted by molar-refractivity contribution is 0.579. The van der Waals surface area contributed by atoms with Crippen molar-refractivity contribution in [2.45, 2.75) is 53.1 Å². The summed E-state index contributed by atoms with van der Waals surface area (Å²) in [7, 11) is 0. The second-order valence-electron chi connectivity index (χ2n) is 5.32. The third kappa shape index (κ3) is 3.94. The topological polar surface area (TPSA) is 29.9 Å². The highest BCUT2D eigenvalue weighted by Gasteiger charge is 2.14. The third-order valence-corrected chi connectivity index (χ3v) is 3.93. The molecule has 0 saturated carbocycles. The van der Waals surface area contributed by atoms with Crippen LogP contribution in [-0.4, -0.2) is 16.3 Å². The molecule has 114 valence electrons. The van der Waals surface area contributed by atoms with Gasteiger partial charge in [0.1, 0.15) is 0 Å². The average molecular weight is 285 g/mol. The summed E-state index contributed by atoms with van der Waals surface area (Å²) in [6, 6.07) is 10.7. The Morgan fingerprint density at radius 3 is 2.43 bits per heavy atom. The SMILES string of the molecule is CCNCc1c(CC)nn(CCc2ccccc2)c1CC. The molecule has 0 aliphatic heterocycles. The van der Waals surface area contributed by atoms with Crippen LogP contribution in [0.3, 0.4) is 0 Å². The zero-order valence-electron chi connectivity index (χ0n) is 13.5. The second-order valence-corrected chi connectivity index (χ2v) is 5.32. The Balaban J connectivity index is 2.16. The lowest BCUT2D eigenvalue weighted by Crippen LogP contribution is -2.14. The van der Waals surface area contributed by atoms with Crippen LogP contribution < -0.4 is 5.32 Å². The summed E-state index contributed by atoms with van der Waals surface area (Å²) in [5.74, 6) is 0. The second kappa shape index (κ2) is 7.99. The van der Waals surface area contributed by atoms with Crippen molar-refractivity contribution >= 4 is 0 Å². The summed E-state index contributed by atoms with van der Waals surface area (Å²) in [5.41, 5.74) is 5.43. The summed E-state index contributed by atoms with van der Waals surface area (Å²) >= 11 is 0. The highest BCUT2D eigenvalue weighted by molar-refractivity contribution is 5.27. The van der Waals surface area contributed by atoms with E-state index in [4.69, 9.17) is 5.10 Å². The quantitative estimate of drug-likeness (QED) is 0.806. The van der Waals surface area contributed by atoms with E-state index in [0.717, 1.165) is 38.9 Å². The molecule has 3 heteroatoms. The van der Waals surface area contributed by atoms with Crippen LogP contribution in [0.15, 0.2) is 30.3 Å². The molecule has 1 heterocycles. The van der Waals surface area contributed by atoms with Crippen molar-refractivity contribution < 1.29 is 0 Å². The van der Waals surface area contributed by atoms with Crippen molar-refractivity contribution in [3.05, 3.63) is 52.8 Å². The van der Waals surface area contributed by atoms with Gasteiger partial charge >= 0.3 is 0 Å². The lowest BCUT2D eigenvalue weighted by atomic mass is 10.1. The molecular formula is C18H27N3. The van der Waals surface area contributed by atoms with E-state index in [1.165, 1.54) is 22.5 Å². The molecule has 0 saturated heterocycles. The van der Waals surface area contributed by atoms with Gasteiger partial charge < -0.3 is 5.32 Å². The maximum atomic E-state index is 4.84. The highest BCUT2D eigenvalue weighted by Crippen LogP contribution is 2.17. The Morgan fingerprint density at radius 2 is 1.81 bits per heavy atom. The Hall–Kier alpha value is -1.61. The first-order chi connectivity index (χ1) is 10.3. The molecule has 2 aromatic rings. The summed E-state index contributed by atoms with van der Waals surface area (Å²) in [6.45, 7) is 9.47. The lowest BCUT2D eigenvalue weighted by Gasteiger charge is -2.08. The zero-order valence-corrected chi connectivity index (χ0v) is 13.5. The van der Waals surface area contributed by atoms with Crippen molar-refractivity contribution in [3.8, 4) is 0 Å². The fraction of sp³-hybridized carbons (Fsp3) is 0.500. The molecule has 0 atom stereocenters. The first-order valence-electron chi connectivity index (χ1n) is 8.12. The van der Waals surface area contributed by atoms with Crippen LogP contribution in [0.2, 0.25) is 0 Å². The molecule has 0 fully saturated rings. The maximum Gasteiger partial charge on any atom is 0.0669 e. The van der Waals surface area contributed by atoms with E-state index in [1.807, 2.05) is 0 Å². The molecule has 0 unspecified atom stereocenters. The number of aromatic nitrogens is 2. The molecule has 1 aromatic heterocycles. The molecular weight excluding hydrogens is 258 g/mol. The van der Waals surface area contributed by atoms with Gasteiger partial charge in [0.2, 0.25) is 0 Å². The maximum absolute atomic E-state index is 4.84. The van der Waals surface area contributed by atoms with E-state index in [9.17, 15) is 0 Å². The van der Waals surface area contributed by atoms with Gasteiger partial charge in [0.05, 0.1) is 5.69 Å². The predicted octanol–water partition coefficient (Wildman–Crippen LogP) is 3.36. The Kier molecular flexibility index (Phi) is 6.00. The molecule has 0 spiro atoms. The van der Waals surface area contributed by atoms with Gasteiger partial charge in [-0.1, -0.05) is 51.1 Å². The number of hydrogen-bond donors (Lipinski definition) is 1. The molecule has 0 amide bonds. The van der Waals surface area contributed by atoms with Crippen molar-refractivity contribution in [2.24, 2.45) is 0 Å². The Morgan fingerprint density at radius 1 is 1.05 bits per heavy atom. The van der Waals surface area contributed by atoms with Gasteiger partial charge in [-0.2, -0.15) is 5.10 Å². The highest BCUT2D eigenvalue weighted by atomic mass is 15.3. The number of benzene rings is 1. The van der Waals surface area contributed by atoms with Crippen LogP contribution in [0.1, 0.15) is 43.3 Å². The molecule has 1 N–H and O–H groups in total. The monoisotopic (exact) mass is 285 g/mol. The van der Waals surface area contributed by atoms with E-state index in [0.29, 0.717) is 0 Å². The minimum absolute atomic E-state index is 0.939. The zero-order chi connectivity index (χ0) is 15.1. The van der Waals surface area contributed by atoms with Gasteiger partial charge in [-0.3, -0.25) is 4.68 Å². The van der Waals surface area contributed by atoms with Gasteiger partial charge in [0.25, 0.3) is 0 Å². The standard InChI is InChI=1S/C18H27N3/c1-4-17-16(14-19-6-3)18(5-2)21(20-17)13-12-15-10-8-7-9-11-15/h7-11,19H,4-6,12-14H2,1-3H3. The smallest absolute Gasteiger partial charge is 0.0669 e. The van der Waals surface area contributed by atoms with Crippen molar-refractivity contribution in [3.63, 3.8) is 0 Å². The summed E-state index contributed by atoms with van der Waals surface area (Å²) in [5, 5.41) is 8.29. The van der Waals surface area contributed by atoms with Gasteiger partial charge in [0.15, 0.2) is 0 Å². The molecule has 2 rings (SSSR count). The molecule has 0 aliphatic carbocycles. The van der Waals surface area contributed by atoms with Crippen molar-refractivity contribution in [2.75, 3.05) is 6.54 Å². The summed E-state index contributed by atoms with van der Waals surface area (Å²) < 4.78 is 2.22. The normalized spacial score (nSPS) is 11.0. The van der Waals surface area contributed by atoms with Crippen LogP contribution in [-0.2, 0) is 32.4 Å². The number of hydrogen-bond acceptors (Lipinski definition) is 2. The van der Waals surface area contributed by atoms with E-state index < -0.39 is 0 Å². The Bertz CT molecular complexity index is 543. The number of nitrogens with one attached hydrogen (secondary N) is 1. The van der Waals surface area contributed by atoms with E-state index >= 15 is 0 Å². The van der Waals surface area contributed by atoms with Crippen LogP contribution >= 0.6 is 0 Å². The largest absolute Gasteiger partial charge is 0.313 e. The number of aryl methyl sites for hydroxylation is 3. The fourth-order valence-corrected chi connectivity index (χ4v) is 2.79. The minimum atomic E-state index is 0.939. The van der Waals surface area contributed by atoms with Crippen molar-refractivity contribution in [1.29, 1.82) is 0 Å². The predicted molar refractivity (Wildman–Crippen MR) is 88.5 cm³/mol.